The van der Waals surface area contributed by atoms with E-state index in [1.165, 1.54) is 0 Å². The molecule has 0 fully saturated rings. The molecule has 10 nitrogen and oxygen atoms in total. The first-order chi connectivity index (χ1) is 21.4. The van der Waals surface area contributed by atoms with Crippen LogP contribution in [0.25, 0.3) is 18.2 Å². The summed E-state index contributed by atoms with van der Waals surface area (Å²) >= 11 is 0. The summed E-state index contributed by atoms with van der Waals surface area (Å²) in [6.45, 7) is 15.5. The second-order valence-electron chi connectivity index (χ2n) is 11.1. The van der Waals surface area contributed by atoms with Crippen molar-refractivity contribution in [2.24, 2.45) is 4.99 Å². The predicted molar refractivity (Wildman–Crippen MR) is 174 cm³/mol. The van der Waals surface area contributed by atoms with Crippen molar-refractivity contribution >= 4 is 47.7 Å². The van der Waals surface area contributed by atoms with Gasteiger partial charge in [0.2, 0.25) is 0 Å². The van der Waals surface area contributed by atoms with Crippen molar-refractivity contribution in [2.75, 3.05) is 13.2 Å². The lowest BCUT2D eigenvalue weighted by Gasteiger charge is -2.05. The van der Waals surface area contributed by atoms with E-state index in [0.29, 0.717) is 46.1 Å². The quantitative estimate of drug-likeness (QED) is 0.330. The van der Waals surface area contributed by atoms with Crippen LogP contribution in [0.2, 0.25) is 0 Å². The van der Waals surface area contributed by atoms with Gasteiger partial charge in [-0.05, 0) is 106 Å². The highest BCUT2D eigenvalue weighted by Crippen LogP contribution is 2.28. The van der Waals surface area contributed by atoms with Gasteiger partial charge in [-0.1, -0.05) is 13.8 Å². The molecular weight excluding hydrogens is 572 g/mol. The Bertz CT molecular complexity index is 1830. The average Bonchev–Trinajstić information content (AvgIpc) is 3.63. The molecule has 238 valence electrons. The number of nitrogens with one attached hydrogen (secondary N) is 3. The summed E-state index contributed by atoms with van der Waals surface area (Å²) in [6, 6.07) is 0. The molecule has 2 aliphatic heterocycles. The van der Waals surface area contributed by atoms with Crippen LogP contribution in [0.4, 0.5) is 0 Å². The zero-order valence-electron chi connectivity index (χ0n) is 27.4. The maximum absolute atomic E-state index is 12.7. The molecule has 3 N–H and O–H groups in total. The number of esters is 2. The van der Waals surface area contributed by atoms with Crippen molar-refractivity contribution in [3.63, 3.8) is 0 Å². The highest BCUT2D eigenvalue weighted by Gasteiger charge is 2.25. The number of allylic oxidation sites excluding steroid dienone is 2. The van der Waals surface area contributed by atoms with E-state index in [1.807, 2.05) is 59.8 Å². The third kappa shape index (κ3) is 6.84. The van der Waals surface area contributed by atoms with Crippen LogP contribution in [0, 0.1) is 13.8 Å². The van der Waals surface area contributed by atoms with Crippen molar-refractivity contribution in [2.45, 2.75) is 81.1 Å². The van der Waals surface area contributed by atoms with E-state index in [-0.39, 0.29) is 49.8 Å². The van der Waals surface area contributed by atoms with Crippen LogP contribution in [0.3, 0.4) is 0 Å². The number of amides is 2. The molecule has 0 aromatic carbocycles. The average molecular weight is 615 g/mol. The molecule has 4 heterocycles. The molecule has 10 heteroatoms. The minimum Gasteiger partial charge on any atom is -0.466 e. The van der Waals surface area contributed by atoms with E-state index in [1.54, 1.807) is 13.8 Å². The van der Waals surface area contributed by atoms with Gasteiger partial charge in [0.25, 0.3) is 11.8 Å². The smallest absolute Gasteiger partial charge is 0.310 e. The molecule has 45 heavy (non-hydrogen) atoms. The lowest BCUT2D eigenvalue weighted by Crippen LogP contribution is -2.17. The highest BCUT2D eigenvalue weighted by molar-refractivity contribution is 6.30. The summed E-state index contributed by atoms with van der Waals surface area (Å²) in [5, 5.41) is 4.31. The Labute approximate surface area is 263 Å². The first-order valence-corrected chi connectivity index (χ1v) is 15.4. The summed E-state index contributed by atoms with van der Waals surface area (Å²) in [6.07, 6.45) is 6.93. The zero-order valence-corrected chi connectivity index (χ0v) is 27.4. The third-order valence-corrected chi connectivity index (χ3v) is 8.40. The largest absolute Gasteiger partial charge is 0.466 e. The summed E-state index contributed by atoms with van der Waals surface area (Å²) in [5.41, 5.74) is 8.96. The molecule has 0 unspecified atom stereocenters. The van der Waals surface area contributed by atoms with Crippen LogP contribution in [-0.4, -0.2) is 52.6 Å². The monoisotopic (exact) mass is 614 g/mol. The minimum atomic E-state index is -0.371. The summed E-state index contributed by atoms with van der Waals surface area (Å²) in [7, 11) is 0. The Kier molecular flexibility index (Phi) is 10.3. The number of rotatable bonds is 11. The Morgan fingerprint density at radius 1 is 0.711 bits per heavy atom. The fourth-order valence-corrected chi connectivity index (χ4v) is 5.83. The Hall–Kier alpha value is -4.73. The first kappa shape index (κ1) is 33.2. The number of aromatic nitrogens is 2. The molecule has 2 aromatic heterocycles. The van der Waals surface area contributed by atoms with Crippen molar-refractivity contribution in [3.8, 4) is 0 Å². The number of ether oxygens (including phenoxy) is 2. The van der Waals surface area contributed by atoms with E-state index in [9.17, 15) is 19.2 Å². The molecule has 0 atom stereocenters. The van der Waals surface area contributed by atoms with Crippen molar-refractivity contribution in [1.29, 1.82) is 0 Å². The maximum atomic E-state index is 12.7. The fraction of sp³-hybridized carbons (Fsp3) is 0.400. The standard InChI is InChI=1S/C35H42N4O6/c1-9-22-21(8)34(42)39-29(22)16-27-20(7)25(14-33(41)45-12-4)31(37-27)17-30-24(13-32(40)44-11-3)19(6)26(36-30)15-28-18(5)23(10-2)35(43)38-28/h15-17,36-37H,9-14H2,1-8H3,(H,39,42)/b26-15+,29-16-,30-17+. The Morgan fingerprint density at radius 2 is 1.33 bits per heavy atom. The maximum Gasteiger partial charge on any atom is 0.310 e. The topological polar surface area (TPSA) is 143 Å². The zero-order chi connectivity index (χ0) is 33.0. The van der Waals surface area contributed by atoms with Gasteiger partial charge in [0, 0.05) is 38.9 Å². The molecule has 2 amide bonds. The molecule has 2 aliphatic rings. The third-order valence-electron chi connectivity index (χ3n) is 8.40. The van der Waals surface area contributed by atoms with Crippen LogP contribution < -0.4 is 16.0 Å². The number of nitrogens with zero attached hydrogens (tertiary/aromatic N) is 1. The first-order valence-electron chi connectivity index (χ1n) is 15.4. The molecular formula is C35H42N4O6. The normalized spacial score (nSPS) is 16.8. The van der Waals surface area contributed by atoms with Crippen LogP contribution in [-0.2, 0) is 41.5 Å². The summed E-state index contributed by atoms with van der Waals surface area (Å²) in [4.78, 5) is 61.3. The van der Waals surface area contributed by atoms with Crippen molar-refractivity contribution in [1.82, 2.24) is 15.3 Å². The number of carbonyl (C=O) groups excluding carboxylic acids is 4. The summed E-state index contributed by atoms with van der Waals surface area (Å²) in [5.74, 6) is -1.09. The van der Waals surface area contributed by atoms with Crippen LogP contribution in [0.1, 0.15) is 88.0 Å². The number of aliphatic imine (C=N–C) groups is 1. The van der Waals surface area contributed by atoms with E-state index in [4.69, 9.17) is 9.47 Å². The molecule has 0 aliphatic carbocycles. The van der Waals surface area contributed by atoms with E-state index >= 15 is 0 Å². The van der Waals surface area contributed by atoms with Crippen LogP contribution in [0.15, 0.2) is 33.0 Å². The van der Waals surface area contributed by atoms with Gasteiger partial charge in [0.15, 0.2) is 0 Å². The van der Waals surface area contributed by atoms with Gasteiger partial charge in [-0.2, -0.15) is 0 Å². The molecule has 0 saturated carbocycles. The van der Waals surface area contributed by atoms with E-state index < -0.39 is 0 Å². The molecule has 2 aromatic rings. The fourth-order valence-electron chi connectivity index (χ4n) is 5.83. The second kappa shape index (κ2) is 13.9. The van der Waals surface area contributed by atoms with Crippen molar-refractivity contribution < 1.29 is 28.7 Å². The predicted octanol–water partition coefficient (Wildman–Crippen LogP) is 3.69. The SMILES string of the molecule is CCOC(=O)Cc1c(/C=c2/[nH]/c(=C/C3=NC(=O)C(CC)=C3C)c(C)c2CC(=O)OCC)[nH]c(/C=C2\NC(=O)C(C)=C2CC)c1C. The van der Waals surface area contributed by atoms with Gasteiger partial charge in [0.1, 0.15) is 0 Å². The molecule has 0 spiro atoms. The van der Waals surface area contributed by atoms with Gasteiger partial charge < -0.3 is 24.8 Å². The van der Waals surface area contributed by atoms with E-state index in [2.05, 4.69) is 20.3 Å². The lowest BCUT2D eigenvalue weighted by molar-refractivity contribution is -0.143. The molecule has 0 radical (unpaired) electrons. The lowest BCUT2D eigenvalue weighted by atomic mass is 10.0. The Balaban J connectivity index is 1.93. The van der Waals surface area contributed by atoms with Gasteiger partial charge in [-0.25, -0.2) is 4.99 Å². The van der Waals surface area contributed by atoms with Gasteiger partial charge >= 0.3 is 11.9 Å². The second-order valence-corrected chi connectivity index (χ2v) is 11.1. The van der Waals surface area contributed by atoms with Gasteiger partial charge in [-0.3, -0.25) is 19.2 Å². The highest BCUT2D eigenvalue weighted by atomic mass is 16.5. The molecule has 0 bridgehead atoms. The summed E-state index contributed by atoms with van der Waals surface area (Å²) < 4.78 is 10.6. The number of H-pyrrole nitrogens is 2. The van der Waals surface area contributed by atoms with Crippen molar-refractivity contribution in [3.05, 3.63) is 72.3 Å². The minimum absolute atomic E-state index is 0.0239. The molecule has 0 saturated heterocycles. The van der Waals surface area contributed by atoms with Crippen LogP contribution in [0.5, 0.6) is 0 Å². The van der Waals surface area contributed by atoms with E-state index in [0.717, 1.165) is 44.8 Å². The number of hydrogen-bond acceptors (Lipinski definition) is 6. The van der Waals surface area contributed by atoms with Gasteiger partial charge in [0.05, 0.1) is 31.8 Å². The Morgan fingerprint density at radius 3 is 1.91 bits per heavy atom. The molecule has 4 rings (SSSR count). The number of aromatic amines is 2. The number of carbonyl (C=O) groups is 4. The van der Waals surface area contributed by atoms with Crippen LogP contribution >= 0.6 is 0 Å². The van der Waals surface area contributed by atoms with Gasteiger partial charge in [-0.15, -0.1) is 0 Å². The number of hydrogen-bond donors (Lipinski definition) is 3.